The number of rotatable bonds is 2. The summed E-state index contributed by atoms with van der Waals surface area (Å²) in [7, 11) is 2.25. The van der Waals surface area contributed by atoms with E-state index in [-0.39, 0.29) is 0 Å². The number of fused-ring (bicyclic) bond motifs is 1. The predicted octanol–water partition coefficient (Wildman–Crippen LogP) is 3.63. The Morgan fingerprint density at radius 2 is 1.83 bits per heavy atom. The average molecular weight is 313 g/mol. The van der Waals surface area contributed by atoms with E-state index < -0.39 is 0 Å². The van der Waals surface area contributed by atoms with E-state index in [0.717, 1.165) is 17.8 Å². The van der Waals surface area contributed by atoms with E-state index in [4.69, 9.17) is 0 Å². The lowest BCUT2D eigenvalue weighted by Gasteiger charge is -2.30. The molecule has 23 heavy (non-hydrogen) atoms. The Bertz CT molecular complexity index is 526. The van der Waals surface area contributed by atoms with Crippen LogP contribution in [0.4, 0.5) is 5.69 Å². The van der Waals surface area contributed by atoms with Gasteiger partial charge in [0.1, 0.15) is 0 Å². The van der Waals surface area contributed by atoms with Crippen molar-refractivity contribution in [2.45, 2.75) is 51.0 Å². The van der Waals surface area contributed by atoms with Crippen molar-refractivity contribution in [2.75, 3.05) is 31.7 Å². The van der Waals surface area contributed by atoms with Crippen molar-refractivity contribution in [1.29, 1.82) is 0 Å². The SMILES string of the molecule is CC1CCCC2CN(c3ccc([C@@H]4CCCN(C)C4)cc3)NC12. The Labute approximate surface area is 141 Å². The monoisotopic (exact) mass is 313 g/mol. The molecule has 3 heteroatoms. The predicted molar refractivity (Wildman–Crippen MR) is 96.7 cm³/mol. The number of likely N-dealkylation sites (tertiary alicyclic amines) is 1. The van der Waals surface area contributed by atoms with Crippen LogP contribution in [-0.4, -0.2) is 37.6 Å². The van der Waals surface area contributed by atoms with Crippen molar-refractivity contribution in [2.24, 2.45) is 11.8 Å². The molecule has 1 aliphatic carbocycles. The highest BCUT2D eigenvalue weighted by Crippen LogP contribution is 2.35. The Hall–Kier alpha value is -1.06. The van der Waals surface area contributed by atoms with E-state index >= 15 is 0 Å². The molecule has 3 unspecified atom stereocenters. The minimum atomic E-state index is 0.690. The molecule has 0 spiro atoms. The minimum absolute atomic E-state index is 0.690. The lowest BCUT2D eigenvalue weighted by atomic mass is 9.79. The molecule has 0 aromatic heterocycles. The maximum atomic E-state index is 3.79. The van der Waals surface area contributed by atoms with Crippen LogP contribution in [0.2, 0.25) is 0 Å². The highest BCUT2D eigenvalue weighted by Gasteiger charge is 2.38. The molecule has 2 heterocycles. The molecule has 3 aliphatic rings. The highest BCUT2D eigenvalue weighted by atomic mass is 15.5. The molecule has 3 fully saturated rings. The normalized spacial score (nSPS) is 35.3. The van der Waals surface area contributed by atoms with Crippen LogP contribution in [0.25, 0.3) is 0 Å². The number of piperidine rings is 1. The third-order valence-electron chi connectivity index (χ3n) is 6.38. The van der Waals surface area contributed by atoms with Gasteiger partial charge in [0, 0.05) is 19.1 Å². The number of hydrazine groups is 1. The molecule has 4 rings (SSSR count). The number of nitrogens with zero attached hydrogens (tertiary/aromatic N) is 2. The van der Waals surface area contributed by atoms with Gasteiger partial charge in [0.15, 0.2) is 0 Å². The number of hydrogen-bond acceptors (Lipinski definition) is 3. The van der Waals surface area contributed by atoms with Crippen molar-refractivity contribution in [3.8, 4) is 0 Å². The van der Waals surface area contributed by atoms with Gasteiger partial charge in [-0.2, -0.15) is 0 Å². The van der Waals surface area contributed by atoms with E-state index in [1.165, 1.54) is 63.0 Å². The van der Waals surface area contributed by atoms with Gasteiger partial charge in [0.05, 0.1) is 5.69 Å². The van der Waals surface area contributed by atoms with E-state index in [0.29, 0.717) is 6.04 Å². The van der Waals surface area contributed by atoms with Gasteiger partial charge in [0.25, 0.3) is 0 Å². The molecule has 0 bridgehead atoms. The molecule has 1 aromatic carbocycles. The molecular weight excluding hydrogens is 282 g/mol. The lowest BCUT2D eigenvalue weighted by molar-refractivity contribution is 0.251. The molecule has 1 N–H and O–H groups in total. The van der Waals surface area contributed by atoms with Crippen LogP contribution in [-0.2, 0) is 0 Å². The van der Waals surface area contributed by atoms with Crippen molar-refractivity contribution in [3.05, 3.63) is 29.8 Å². The minimum Gasteiger partial charge on any atom is -0.308 e. The van der Waals surface area contributed by atoms with E-state index in [9.17, 15) is 0 Å². The topological polar surface area (TPSA) is 18.5 Å². The molecule has 3 nitrogen and oxygen atoms in total. The second kappa shape index (κ2) is 6.45. The second-order valence-electron chi connectivity index (χ2n) is 8.13. The number of benzene rings is 1. The van der Waals surface area contributed by atoms with E-state index in [2.05, 4.69) is 53.6 Å². The number of hydrogen-bond donors (Lipinski definition) is 1. The molecule has 0 amide bonds. The lowest BCUT2D eigenvalue weighted by Crippen LogP contribution is -2.41. The summed E-state index contributed by atoms with van der Waals surface area (Å²) in [5.41, 5.74) is 6.66. The Morgan fingerprint density at radius 1 is 1.00 bits per heavy atom. The van der Waals surface area contributed by atoms with Crippen molar-refractivity contribution >= 4 is 5.69 Å². The van der Waals surface area contributed by atoms with Gasteiger partial charge in [-0.3, -0.25) is 0 Å². The van der Waals surface area contributed by atoms with Crippen molar-refractivity contribution < 1.29 is 0 Å². The van der Waals surface area contributed by atoms with E-state index in [1.807, 2.05) is 0 Å². The maximum absolute atomic E-state index is 3.79. The molecule has 4 atom stereocenters. The van der Waals surface area contributed by atoms with Crippen LogP contribution in [0, 0.1) is 11.8 Å². The first-order valence-corrected chi connectivity index (χ1v) is 9.53. The van der Waals surface area contributed by atoms with Crippen LogP contribution in [0.5, 0.6) is 0 Å². The molecule has 0 radical (unpaired) electrons. The zero-order valence-electron chi connectivity index (χ0n) is 14.7. The fourth-order valence-electron chi connectivity index (χ4n) is 4.98. The molecular formula is C20H31N3. The largest absolute Gasteiger partial charge is 0.308 e. The second-order valence-corrected chi connectivity index (χ2v) is 8.13. The van der Waals surface area contributed by atoms with Crippen LogP contribution < -0.4 is 10.4 Å². The summed E-state index contributed by atoms with van der Waals surface area (Å²) in [4.78, 5) is 2.47. The molecule has 2 saturated heterocycles. The number of anilines is 1. The average Bonchev–Trinajstić information content (AvgIpc) is 3.01. The van der Waals surface area contributed by atoms with Crippen LogP contribution in [0.15, 0.2) is 24.3 Å². The van der Waals surface area contributed by atoms with Crippen LogP contribution >= 0.6 is 0 Å². The summed E-state index contributed by atoms with van der Waals surface area (Å²) >= 11 is 0. The van der Waals surface area contributed by atoms with Crippen molar-refractivity contribution in [1.82, 2.24) is 10.3 Å². The van der Waals surface area contributed by atoms with Gasteiger partial charge in [-0.1, -0.05) is 25.5 Å². The standard InChI is InChI=1S/C20H31N3/c1-15-5-3-6-18-14-23(21-20(15)18)19-10-8-16(9-11-19)17-7-4-12-22(2)13-17/h8-11,15,17-18,20-21H,3-7,12-14H2,1-2H3/t15?,17-,18?,20?/m1/s1. The quantitative estimate of drug-likeness (QED) is 0.899. The maximum Gasteiger partial charge on any atom is 0.0520 e. The zero-order valence-corrected chi connectivity index (χ0v) is 14.7. The number of likely N-dealkylation sites (N-methyl/N-ethyl adjacent to an activating group) is 1. The fraction of sp³-hybridized carbons (Fsp3) is 0.700. The zero-order chi connectivity index (χ0) is 15.8. The summed E-state index contributed by atoms with van der Waals surface area (Å²) in [5.74, 6) is 2.37. The third kappa shape index (κ3) is 3.14. The van der Waals surface area contributed by atoms with Gasteiger partial charge < -0.3 is 9.91 Å². The van der Waals surface area contributed by atoms with Gasteiger partial charge >= 0.3 is 0 Å². The van der Waals surface area contributed by atoms with Crippen molar-refractivity contribution in [3.63, 3.8) is 0 Å². The van der Waals surface area contributed by atoms with Gasteiger partial charge in [0.2, 0.25) is 0 Å². The van der Waals surface area contributed by atoms with Crippen LogP contribution in [0.3, 0.4) is 0 Å². The van der Waals surface area contributed by atoms with E-state index in [1.54, 1.807) is 0 Å². The van der Waals surface area contributed by atoms with Crippen LogP contribution in [0.1, 0.15) is 50.5 Å². The Kier molecular flexibility index (Phi) is 4.33. The van der Waals surface area contributed by atoms with Gasteiger partial charge in [-0.05, 0) is 74.7 Å². The summed E-state index contributed by atoms with van der Waals surface area (Å²) in [6.45, 7) is 6.06. The molecule has 2 aliphatic heterocycles. The number of nitrogens with one attached hydrogen (secondary N) is 1. The first kappa shape index (κ1) is 15.5. The highest BCUT2D eigenvalue weighted by molar-refractivity contribution is 5.48. The summed E-state index contributed by atoms with van der Waals surface area (Å²) in [6, 6.07) is 10.1. The Morgan fingerprint density at radius 3 is 2.57 bits per heavy atom. The van der Waals surface area contributed by atoms with Gasteiger partial charge in [-0.15, -0.1) is 0 Å². The fourth-order valence-corrected chi connectivity index (χ4v) is 4.98. The first-order chi connectivity index (χ1) is 11.2. The summed E-state index contributed by atoms with van der Waals surface area (Å²) < 4.78 is 0. The first-order valence-electron chi connectivity index (χ1n) is 9.53. The molecule has 1 aromatic rings. The van der Waals surface area contributed by atoms with Gasteiger partial charge in [-0.25, -0.2) is 5.43 Å². The smallest absolute Gasteiger partial charge is 0.0520 e. The summed E-state index contributed by atoms with van der Waals surface area (Å²) in [6.07, 6.45) is 6.86. The molecule has 126 valence electrons. The molecule has 1 saturated carbocycles. The Balaban J connectivity index is 1.44. The summed E-state index contributed by atoms with van der Waals surface area (Å²) in [5, 5.41) is 2.41. The third-order valence-corrected chi connectivity index (χ3v) is 6.38.